The Labute approximate surface area is 119 Å². The van der Waals surface area contributed by atoms with Gasteiger partial charge in [0, 0.05) is 0 Å². The topological polar surface area (TPSA) is 49.7 Å². The Morgan fingerprint density at radius 2 is 1.42 bits per heavy atom. The smallest absolute Gasteiger partial charge is 0.0807 e. The van der Waals surface area contributed by atoms with E-state index >= 15 is 0 Å². The molecule has 0 heterocycles. The molecule has 0 rings (SSSR count). The number of ether oxygens (including phenoxy) is 1. The minimum absolute atomic E-state index is 0.0642. The highest BCUT2D eigenvalue weighted by molar-refractivity contribution is 4.60. The standard InChI is InChI=1S/C16H34O3/c1-3-5-7-9-11-15(18)14-19-16(13-17)12-10-8-6-4-2/h15-18H,3-14H2,1-2H3. The van der Waals surface area contributed by atoms with Crippen molar-refractivity contribution in [2.75, 3.05) is 13.2 Å². The summed E-state index contributed by atoms with van der Waals surface area (Å²) in [5.74, 6) is 0. The zero-order chi connectivity index (χ0) is 14.3. The van der Waals surface area contributed by atoms with Gasteiger partial charge in [0.15, 0.2) is 0 Å². The first kappa shape index (κ1) is 18.9. The van der Waals surface area contributed by atoms with Gasteiger partial charge in [0.1, 0.15) is 0 Å². The molecule has 0 radical (unpaired) electrons. The minimum Gasteiger partial charge on any atom is -0.394 e. The van der Waals surface area contributed by atoms with Crippen LogP contribution >= 0.6 is 0 Å². The molecular weight excluding hydrogens is 240 g/mol. The molecule has 0 aliphatic heterocycles. The first-order chi connectivity index (χ1) is 9.24. The fourth-order valence-corrected chi connectivity index (χ4v) is 2.16. The fraction of sp³-hybridized carbons (Fsp3) is 1.00. The van der Waals surface area contributed by atoms with Crippen molar-refractivity contribution in [3.05, 3.63) is 0 Å². The van der Waals surface area contributed by atoms with Gasteiger partial charge in [-0.2, -0.15) is 0 Å². The zero-order valence-electron chi connectivity index (χ0n) is 12.9. The minimum atomic E-state index is -0.374. The Morgan fingerprint density at radius 3 is 1.95 bits per heavy atom. The Bertz CT molecular complexity index is 173. The van der Waals surface area contributed by atoms with Gasteiger partial charge in [0.25, 0.3) is 0 Å². The summed E-state index contributed by atoms with van der Waals surface area (Å²) in [7, 11) is 0. The molecule has 116 valence electrons. The molecule has 3 nitrogen and oxygen atoms in total. The maximum atomic E-state index is 9.80. The summed E-state index contributed by atoms with van der Waals surface area (Å²) in [5, 5.41) is 19.0. The van der Waals surface area contributed by atoms with Crippen LogP contribution in [-0.2, 0) is 4.74 Å². The summed E-state index contributed by atoms with van der Waals surface area (Å²) < 4.78 is 5.59. The van der Waals surface area contributed by atoms with Crippen LogP contribution in [0.25, 0.3) is 0 Å². The molecule has 0 amide bonds. The maximum Gasteiger partial charge on any atom is 0.0807 e. The van der Waals surface area contributed by atoms with Crippen LogP contribution in [0.5, 0.6) is 0 Å². The molecule has 3 heteroatoms. The zero-order valence-corrected chi connectivity index (χ0v) is 12.9. The van der Waals surface area contributed by atoms with Crippen LogP contribution in [0.3, 0.4) is 0 Å². The highest BCUT2D eigenvalue weighted by Crippen LogP contribution is 2.10. The van der Waals surface area contributed by atoms with Crippen molar-refractivity contribution < 1.29 is 14.9 Å². The average molecular weight is 274 g/mol. The quantitative estimate of drug-likeness (QED) is 0.475. The van der Waals surface area contributed by atoms with Crippen molar-refractivity contribution in [3.63, 3.8) is 0 Å². The van der Waals surface area contributed by atoms with Gasteiger partial charge < -0.3 is 14.9 Å². The van der Waals surface area contributed by atoms with E-state index in [1.54, 1.807) is 0 Å². The predicted octanol–water partition coefficient (Wildman–Crippen LogP) is 3.67. The number of rotatable bonds is 14. The molecule has 0 aliphatic carbocycles. The van der Waals surface area contributed by atoms with Crippen molar-refractivity contribution in [3.8, 4) is 0 Å². The van der Waals surface area contributed by atoms with Gasteiger partial charge in [-0.25, -0.2) is 0 Å². The first-order valence-electron chi connectivity index (χ1n) is 8.15. The molecule has 2 unspecified atom stereocenters. The van der Waals surface area contributed by atoms with Gasteiger partial charge in [-0.3, -0.25) is 0 Å². The number of unbranched alkanes of at least 4 members (excludes halogenated alkanes) is 6. The van der Waals surface area contributed by atoms with Gasteiger partial charge >= 0.3 is 0 Å². The lowest BCUT2D eigenvalue weighted by atomic mass is 10.1. The SMILES string of the molecule is CCCCCCC(O)COC(CO)CCCCCC. The van der Waals surface area contributed by atoms with Crippen molar-refractivity contribution in [2.24, 2.45) is 0 Å². The molecule has 0 saturated heterocycles. The molecule has 0 aliphatic rings. The van der Waals surface area contributed by atoms with E-state index in [1.807, 2.05) is 0 Å². The van der Waals surface area contributed by atoms with E-state index in [9.17, 15) is 10.2 Å². The molecule has 0 aromatic carbocycles. The fourth-order valence-electron chi connectivity index (χ4n) is 2.16. The molecule has 2 N–H and O–H groups in total. The maximum absolute atomic E-state index is 9.80. The molecule has 0 aromatic rings. The molecule has 0 aromatic heterocycles. The van der Waals surface area contributed by atoms with Gasteiger partial charge in [-0.1, -0.05) is 65.2 Å². The Balaban J connectivity index is 3.51. The van der Waals surface area contributed by atoms with Crippen LogP contribution in [-0.4, -0.2) is 35.6 Å². The lowest BCUT2D eigenvalue weighted by Crippen LogP contribution is -2.24. The van der Waals surface area contributed by atoms with Crippen molar-refractivity contribution in [2.45, 2.75) is 90.3 Å². The van der Waals surface area contributed by atoms with Crippen LogP contribution in [0.1, 0.15) is 78.1 Å². The second-order valence-electron chi connectivity index (χ2n) is 5.49. The second-order valence-corrected chi connectivity index (χ2v) is 5.49. The highest BCUT2D eigenvalue weighted by atomic mass is 16.5. The van der Waals surface area contributed by atoms with E-state index in [0.29, 0.717) is 6.61 Å². The van der Waals surface area contributed by atoms with Gasteiger partial charge in [0.2, 0.25) is 0 Å². The lowest BCUT2D eigenvalue weighted by molar-refractivity contribution is -0.0382. The molecule has 19 heavy (non-hydrogen) atoms. The van der Waals surface area contributed by atoms with E-state index in [0.717, 1.165) is 25.7 Å². The van der Waals surface area contributed by atoms with Crippen molar-refractivity contribution in [1.29, 1.82) is 0 Å². The monoisotopic (exact) mass is 274 g/mol. The Hall–Kier alpha value is -0.120. The van der Waals surface area contributed by atoms with Crippen molar-refractivity contribution >= 4 is 0 Å². The van der Waals surface area contributed by atoms with E-state index in [2.05, 4.69) is 13.8 Å². The molecule has 2 atom stereocenters. The van der Waals surface area contributed by atoms with Gasteiger partial charge in [0.05, 0.1) is 25.4 Å². The van der Waals surface area contributed by atoms with Crippen LogP contribution in [0.15, 0.2) is 0 Å². The largest absolute Gasteiger partial charge is 0.394 e. The van der Waals surface area contributed by atoms with Crippen LogP contribution in [0, 0.1) is 0 Å². The van der Waals surface area contributed by atoms with Gasteiger partial charge in [-0.15, -0.1) is 0 Å². The van der Waals surface area contributed by atoms with E-state index in [-0.39, 0.29) is 18.8 Å². The summed E-state index contributed by atoms with van der Waals surface area (Å²) >= 11 is 0. The summed E-state index contributed by atoms with van der Waals surface area (Å²) in [6.07, 6.45) is 10.7. The third-order valence-electron chi connectivity index (χ3n) is 3.50. The molecule has 0 saturated carbocycles. The van der Waals surface area contributed by atoms with Crippen LogP contribution < -0.4 is 0 Å². The highest BCUT2D eigenvalue weighted by Gasteiger charge is 2.11. The summed E-state index contributed by atoms with van der Waals surface area (Å²) in [6, 6.07) is 0. The van der Waals surface area contributed by atoms with E-state index < -0.39 is 0 Å². The Kier molecular flexibility index (Phi) is 14.2. The van der Waals surface area contributed by atoms with Crippen LogP contribution in [0.4, 0.5) is 0 Å². The van der Waals surface area contributed by atoms with E-state index in [1.165, 1.54) is 38.5 Å². The third-order valence-corrected chi connectivity index (χ3v) is 3.50. The number of hydrogen-bond acceptors (Lipinski definition) is 3. The van der Waals surface area contributed by atoms with Gasteiger partial charge in [-0.05, 0) is 12.8 Å². The molecule has 0 spiro atoms. The number of aliphatic hydroxyl groups is 2. The average Bonchev–Trinajstić information content (AvgIpc) is 2.43. The lowest BCUT2D eigenvalue weighted by Gasteiger charge is -2.18. The first-order valence-corrected chi connectivity index (χ1v) is 8.15. The predicted molar refractivity (Wildman–Crippen MR) is 80.4 cm³/mol. The number of aliphatic hydroxyl groups excluding tert-OH is 2. The second kappa shape index (κ2) is 14.3. The summed E-state index contributed by atoms with van der Waals surface area (Å²) in [6.45, 7) is 4.80. The Morgan fingerprint density at radius 1 is 0.842 bits per heavy atom. The van der Waals surface area contributed by atoms with E-state index in [4.69, 9.17) is 4.74 Å². The summed E-state index contributed by atoms with van der Waals surface area (Å²) in [5.41, 5.74) is 0. The third kappa shape index (κ3) is 12.6. The molecule has 0 bridgehead atoms. The summed E-state index contributed by atoms with van der Waals surface area (Å²) in [4.78, 5) is 0. The van der Waals surface area contributed by atoms with Crippen LogP contribution in [0.2, 0.25) is 0 Å². The number of hydrogen-bond donors (Lipinski definition) is 2. The molecular formula is C16H34O3. The van der Waals surface area contributed by atoms with Crippen molar-refractivity contribution in [1.82, 2.24) is 0 Å². The normalized spacial score (nSPS) is 14.5. The molecule has 0 fully saturated rings.